The van der Waals surface area contributed by atoms with Gasteiger partial charge in [0, 0.05) is 11.5 Å². The average Bonchev–Trinajstić information content (AvgIpc) is 3.03. The van der Waals surface area contributed by atoms with Crippen molar-refractivity contribution in [3.63, 3.8) is 0 Å². The summed E-state index contributed by atoms with van der Waals surface area (Å²) in [6, 6.07) is 12.0. The number of unbranched alkanes of at least 4 members (excludes halogenated alkanes) is 9. The molecule has 42 heavy (non-hydrogen) atoms. The van der Waals surface area contributed by atoms with Gasteiger partial charge in [-0.15, -0.1) is 0 Å². The molecule has 1 heterocycles. The van der Waals surface area contributed by atoms with Crippen LogP contribution in [0.5, 0.6) is 5.75 Å². The highest BCUT2D eigenvalue weighted by molar-refractivity contribution is 5.32. The highest BCUT2D eigenvalue weighted by Gasteiger charge is 2.29. The van der Waals surface area contributed by atoms with Gasteiger partial charge in [-0.2, -0.15) is 4.39 Å². The molecule has 3 nitrogen and oxygen atoms in total. The van der Waals surface area contributed by atoms with Gasteiger partial charge in [0.05, 0.1) is 19.8 Å². The molecule has 0 bridgehead atoms. The Hall–Kier alpha value is -1.98. The Labute approximate surface area is 253 Å². The van der Waals surface area contributed by atoms with Crippen molar-refractivity contribution in [2.75, 3.05) is 19.8 Å². The maximum Gasteiger partial charge on any atom is 0.201 e. The molecular formula is C37H54F2O3. The Morgan fingerprint density at radius 2 is 1.21 bits per heavy atom. The lowest BCUT2D eigenvalue weighted by atomic mass is 9.77. The summed E-state index contributed by atoms with van der Waals surface area (Å²) in [5.74, 6) is -0.307. The molecule has 0 atom stereocenters. The normalized spacial score (nSPS) is 22.8. The molecule has 1 saturated heterocycles. The molecule has 1 saturated carbocycles. The van der Waals surface area contributed by atoms with Crippen molar-refractivity contribution in [3.05, 3.63) is 64.7 Å². The summed E-state index contributed by atoms with van der Waals surface area (Å²) in [7, 11) is 0. The Morgan fingerprint density at radius 3 is 1.86 bits per heavy atom. The van der Waals surface area contributed by atoms with Gasteiger partial charge in [0.15, 0.2) is 17.9 Å². The highest BCUT2D eigenvalue weighted by atomic mass is 19.2. The van der Waals surface area contributed by atoms with Gasteiger partial charge in [0.2, 0.25) is 5.82 Å². The monoisotopic (exact) mass is 584 g/mol. The summed E-state index contributed by atoms with van der Waals surface area (Å²) in [5, 5.41) is 0. The molecule has 1 aliphatic heterocycles. The molecule has 0 radical (unpaired) electrons. The molecule has 4 rings (SSSR count). The van der Waals surface area contributed by atoms with Gasteiger partial charge in [0.25, 0.3) is 0 Å². The first kappa shape index (κ1) is 32.9. The fourth-order valence-corrected chi connectivity index (χ4v) is 6.64. The van der Waals surface area contributed by atoms with Crippen molar-refractivity contribution < 1.29 is 23.0 Å². The van der Waals surface area contributed by atoms with Crippen LogP contribution in [0.4, 0.5) is 8.78 Å². The first-order valence-electron chi connectivity index (χ1n) is 17.0. The Morgan fingerprint density at radius 1 is 0.643 bits per heavy atom. The largest absolute Gasteiger partial charge is 0.490 e. The molecule has 1 aliphatic carbocycles. The van der Waals surface area contributed by atoms with Gasteiger partial charge in [-0.25, -0.2) is 4.39 Å². The van der Waals surface area contributed by atoms with E-state index >= 15 is 0 Å². The van der Waals surface area contributed by atoms with Crippen LogP contribution in [0.25, 0.3) is 0 Å². The second-order valence-corrected chi connectivity index (χ2v) is 12.7. The molecule has 234 valence electrons. The van der Waals surface area contributed by atoms with E-state index in [1.54, 1.807) is 0 Å². The zero-order valence-electron chi connectivity index (χ0n) is 26.2. The number of ether oxygens (including phenoxy) is 3. The van der Waals surface area contributed by atoms with Crippen LogP contribution >= 0.6 is 0 Å². The van der Waals surface area contributed by atoms with Gasteiger partial charge >= 0.3 is 0 Å². The second-order valence-electron chi connectivity index (χ2n) is 12.7. The highest BCUT2D eigenvalue weighted by Crippen LogP contribution is 2.39. The fourth-order valence-electron chi connectivity index (χ4n) is 6.64. The molecule has 0 spiro atoms. The van der Waals surface area contributed by atoms with Crippen molar-refractivity contribution in [1.29, 1.82) is 0 Å². The Kier molecular flexibility index (Phi) is 14.1. The zero-order chi connectivity index (χ0) is 29.6. The van der Waals surface area contributed by atoms with E-state index in [9.17, 15) is 8.78 Å². The van der Waals surface area contributed by atoms with E-state index in [2.05, 4.69) is 38.1 Å². The minimum absolute atomic E-state index is 0.0449. The van der Waals surface area contributed by atoms with E-state index in [-0.39, 0.29) is 17.2 Å². The van der Waals surface area contributed by atoms with E-state index in [1.165, 1.54) is 107 Å². The van der Waals surface area contributed by atoms with Crippen molar-refractivity contribution in [1.82, 2.24) is 0 Å². The molecular weight excluding hydrogens is 530 g/mol. The van der Waals surface area contributed by atoms with E-state index in [0.717, 1.165) is 25.2 Å². The molecule has 0 aromatic heterocycles. The van der Waals surface area contributed by atoms with Crippen molar-refractivity contribution in [2.45, 2.75) is 135 Å². The minimum Gasteiger partial charge on any atom is -0.490 e. The Bertz CT molecular complexity index is 1020. The summed E-state index contributed by atoms with van der Waals surface area (Å²) >= 11 is 0. The molecule has 5 heteroatoms. The molecule has 2 fully saturated rings. The molecule has 0 N–H and O–H groups in total. The summed E-state index contributed by atoms with van der Waals surface area (Å²) in [6.45, 7) is 5.69. The van der Waals surface area contributed by atoms with Crippen molar-refractivity contribution in [3.8, 4) is 5.75 Å². The van der Waals surface area contributed by atoms with Crippen LogP contribution in [0.15, 0.2) is 36.4 Å². The quantitative estimate of drug-likeness (QED) is 0.173. The number of hydrogen-bond acceptors (Lipinski definition) is 3. The smallest absolute Gasteiger partial charge is 0.201 e. The van der Waals surface area contributed by atoms with Crippen molar-refractivity contribution >= 4 is 0 Å². The summed E-state index contributed by atoms with van der Waals surface area (Å²) in [5.41, 5.74) is 2.69. The van der Waals surface area contributed by atoms with E-state index in [4.69, 9.17) is 14.2 Å². The van der Waals surface area contributed by atoms with Crippen LogP contribution in [-0.4, -0.2) is 19.8 Å². The van der Waals surface area contributed by atoms with Crippen LogP contribution in [0.3, 0.4) is 0 Å². The summed E-state index contributed by atoms with van der Waals surface area (Å²) < 4.78 is 47.0. The third-order valence-electron chi connectivity index (χ3n) is 9.43. The number of hydrogen-bond donors (Lipinski definition) is 0. The fraction of sp³-hybridized carbons (Fsp3) is 0.676. The Balaban J connectivity index is 1.19. The molecule has 2 aromatic rings. The van der Waals surface area contributed by atoms with Crippen LogP contribution in [-0.2, 0) is 9.47 Å². The maximum absolute atomic E-state index is 14.9. The number of benzene rings is 2. The third-order valence-corrected chi connectivity index (χ3v) is 9.43. The van der Waals surface area contributed by atoms with Crippen LogP contribution in [0.1, 0.15) is 151 Å². The van der Waals surface area contributed by atoms with Crippen molar-refractivity contribution in [2.24, 2.45) is 5.92 Å². The predicted molar refractivity (Wildman–Crippen MR) is 167 cm³/mol. The van der Waals surface area contributed by atoms with Gasteiger partial charge in [0.1, 0.15) is 0 Å². The molecule has 2 aliphatic rings. The molecule has 0 unspecified atom stereocenters. The standard InChI is InChI=1S/C37H54F2O3/c1-3-5-7-9-10-11-13-25-40-34-24-23-33(35(38)36(34)39)37-41-26-32(27-42-37)31-21-19-30(20-22-31)29-17-15-28(16-18-29)14-12-8-6-4-2/h19-24,28-29,32,37H,3-18,25-27H2,1-2H3. The van der Waals surface area contributed by atoms with E-state index in [1.807, 2.05) is 0 Å². The van der Waals surface area contributed by atoms with Crippen LogP contribution < -0.4 is 4.74 Å². The third kappa shape index (κ3) is 9.77. The second kappa shape index (κ2) is 18.0. The lowest BCUT2D eigenvalue weighted by Crippen LogP contribution is -2.26. The SMILES string of the molecule is CCCCCCCCCOc1ccc(C2OCC(c3ccc(C4CCC(CCCCCC)CC4)cc3)CO2)c(F)c1F. The van der Waals surface area contributed by atoms with Crippen LogP contribution in [0.2, 0.25) is 0 Å². The summed E-state index contributed by atoms with van der Waals surface area (Å²) in [6.07, 6.45) is 19.3. The summed E-state index contributed by atoms with van der Waals surface area (Å²) in [4.78, 5) is 0. The van der Waals surface area contributed by atoms with Gasteiger partial charge in [-0.3, -0.25) is 0 Å². The van der Waals surface area contributed by atoms with Gasteiger partial charge in [-0.05, 0) is 67.2 Å². The predicted octanol–water partition coefficient (Wildman–Crippen LogP) is 11.2. The minimum atomic E-state index is -0.967. The van der Waals surface area contributed by atoms with Crippen LogP contribution in [0, 0.1) is 17.6 Å². The first-order valence-corrected chi connectivity index (χ1v) is 17.0. The van der Waals surface area contributed by atoms with E-state index < -0.39 is 17.9 Å². The maximum atomic E-state index is 14.9. The number of rotatable bonds is 17. The average molecular weight is 585 g/mol. The molecule has 0 amide bonds. The zero-order valence-corrected chi connectivity index (χ0v) is 26.2. The van der Waals surface area contributed by atoms with Gasteiger partial charge < -0.3 is 14.2 Å². The van der Waals surface area contributed by atoms with E-state index in [0.29, 0.717) is 25.7 Å². The number of halogens is 2. The lowest BCUT2D eigenvalue weighted by Gasteiger charge is -2.31. The topological polar surface area (TPSA) is 27.7 Å². The first-order chi connectivity index (χ1) is 20.6. The lowest BCUT2D eigenvalue weighted by molar-refractivity contribution is -0.193. The molecule has 2 aromatic carbocycles. The van der Waals surface area contributed by atoms with Gasteiger partial charge in [-0.1, -0.05) is 109 Å².